The third kappa shape index (κ3) is 12.8. The molecule has 0 unspecified atom stereocenters. The summed E-state index contributed by atoms with van der Waals surface area (Å²) in [7, 11) is 0. The van der Waals surface area contributed by atoms with Gasteiger partial charge in [-0.1, -0.05) is 76.6 Å². The number of amides is 3. The number of carbonyl (C=O) groups is 4. The summed E-state index contributed by atoms with van der Waals surface area (Å²) in [5.74, 6) is -1.79. The molecule has 0 saturated heterocycles. The fourth-order valence-electron chi connectivity index (χ4n) is 4.26. The molecule has 2 rings (SSSR count). The Hall–Kier alpha value is -4.08. The van der Waals surface area contributed by atoms with Crippen LogP contribution in [0.25, 0.3) is 0 Å². The number of phenols is 1. The van der Waals surface area contributed by atoms with Crippen molar-refractivity contribution in [2.24, 2.45) is 11.8 Å². The fourth-order valence-corrected chi connectivity index (χ4v) is 4.26. The first-order valence-corrected chi connectivity index (χ1v) is 14.8. The first-order valence-electron chi connectivity index (χ1n) is 14.8. The van der Waals surface area contributed by atoms with Crippen molar-refractivity contribution < 1.29 is 33.8 Å². The molecule has 2 aromatic rings. The first-order chi connectivity index (χ1) is 20.2. The smallest absolute Gasteiger partial charge is 0.408 e. The molecule has 0 aliphatic carbocycles. The van der Waals surface area contributed by atoms with E-state index < -0.39 is 47.6 Å². The van der Waals surface area contributed by atoms with Gasteiger partial charge >= 0.3 is 12.1 Å². The van der Waals surface area contributed by atoms with Crippen LogP contribution in [-0.4, -0.2) is 52.7 Å². The second-order valence-corrected chi connectivity index (χ2v) is 12.2. The molecule has 2 aromatic carbocycles. The lowest BCUT2D eigenvalue weighted by atomic mass is 9.96. The van der Waals surface area contributed by atoms with Crippen molar-refractivity contribution in [3.05, 3.63) is 65.7 Å². The van der Waals surface area contributed by atoms with Gasteiger partial charge in [0, 0.05) is 6.42 Å². The Morgan fingerprint density at radius 2 is 1.44 bits per heavy atom. The summed E-state index contributed by atoms with van der Waals surface area (Å²) in [5.41, 5.74) is 0.725. The van der Waals surface area contributed by atoms with E-state index in [9.17, 15) is 24.3 Å². The van der Waals surface area contributed by atoms with Gasteiger partial charge in [0.25, 0.3) is 0 Å². The Morgan fingerprint density at radius 1 is 0.814 bits per heavy atom. The third-order valence-electron chi connectivity index (χ3n) is 6.71. The van der Waals surface area contributed by atoms with Crippen LogP contribution in [0.5, 0.6) is 5.75 Å². The van der Waals surface area contributed by atoms with Gasteiger partial charge in [-0.05, 0) is 62.3 Å². The largest absolute Gasteiger partial charge is 0.508 e. The molecule has 0 aromatic heterocycles. The number of rotatable bonds is 14. The van der Waals surface area contributed by atoms with Gasteiger partial charge in [0.2, 0.25) is 11.8 Å². The number of phenolic OH excluding ortho intramolecular Hbond substituents is 1. The number of alkyl carbamates (subject to hydrolysis) is 1. The van der Waals surface area contributed by atoms with Crippen LogP contribution >= 0.6 is 0 Å². The average Bonchev–Trinajstić information content (AvgIpc) is 2.94. The van der Waals surface area contributed by atoms with Crippen LogP contribution in [0.1, 0.15) is 72.4 Å². The molecule has 0 saturated carbocycles. The van der Waals surface area contributed by atoms with Gasteiger partial charge in [-0.15, -0.1) is 0 Å². The van der Waals surface area contributed by atoms with Crippen molar-refractivity contribution in [2.45, 2.75) is 98.1 Å². The average molecular weight is 598 g/mol. The van der Waals surface area contributed by atoms with Crippen molar-refractivity contribution in [3.8, 4) is 5.75 Å². The molecule has 3 amide bonds. The summed E-state index contributed by atoms with van der Waals surface area (Å²) in [4.78, 5) is 52.9. The SMILES string of the molecule is CC[C@H](C)[C@H](NC(=O)[C@H](Cc1ccc(O)cc1)NC(=O)OCc1ccccc1)C(=O)N[C@@H](CC(C)C)C(=O)OC(C)(C)C. The zero-order chi connectivity index (χ0) is 32.2. The van der Waals surface area contributed by atoms with Crippen LogP contribution in [0.4, 0.5) is 4.79 Å². The molecule has 4 N–H and O–H groups in total. The maximum Gasteiger partial charge on any atom is 0.408 e. The first kappa shape index (κ1) is 35.1. The van der Waals surface area contributed by atoms with E-state index in [1.54, 1.807) is 32.9 Å². The van der Waals surface area contributed by atoms with E-state index in [0.29, 0.717) is 18.4 Å². The quantitative estimate of drug-likeness (QED) is 0.233. The summed E-state index contributed by atoms with van der Waals surface area (Å²) < 4.78 is 10.9. The monoisotopic (exact) mass is 597 g/mol. The van der Waals surface area contributed by atoms with E-state index >= 15 is 0 Å². The molecular weight excluding hydrogens is 550 g/mol. The van der Waals surface area contributed by atoms with E-state index in [1.807, 2.05) is 58.0 Å². The van der Waals surface area contributed by atoms with E-state index in [1.165, 1.54) is 12.1 Å². The molecule has 236 valence electrons. The van der Waals surface area contributed by atoms with Gasteiger partial charge in [-0.3, -0.25) is 9.59 Å². The van der Waals surface area contributed by atoms with Crippen molar-refractivity contribution in [1.82, 2.24) is 16.0 Å². The van der Waals surface area contributed by atoms with Crippen LogP contribution in [-0.2, 0) is 36.9 Å². The molecule has 4 atom stereocenters. The second kappa shape index (κ2) is 16.5. The highest BCUT2D eigenvalue weighted by atomic mass is 16.6. The molecule has 0 aliphatic rings. The molecular formula is C33H47N3O7. The summed E-state index contributed by atoms with van der Waals surface area (Å²) in [6.07, 6.45) is 0.207. The number of carbonyl (C=O) groups excluding carboxylic acids is 4. The standard InChI is InChI=1S/C33H47N3O7/c1-8-22(4)28(30(39)34-27(18-21(2)3)31(40)43-33(5,6)7)36-29(38)26(19-23-14-16-25(37)17-15-23)35-32(41)42-20-24-12-10-9-11-13-24/h9-17,21-22,26-28,37H,8,18-20H2,1-7H3,(H,34,39)(H,35,41)(H,36,38)/t22-,26-,27-,28-/m0/s1. The van der Waals surface area contributed by atoms with E-state index in [-0.39, 0.29) is 30.6 Å². The minimum Gasteiger partial charge on any atom is -0.508 e. The summed E-state index contributed by atoms with van der Waals surface area (Å²) in [6.45, 7) is 12.9. The van der Waals surface area contributed by atoms with Crippen molar-refractivity contribution >= 4 is 23.9 Å². The van der Waals surface area contributed by atoms with Crippen molar-refractivity contribution in [1.29, 1.82) is 0 Å². The van der Waals surface area contributed by atoms with Crippen molar-refractivity contribution in [2.75, 3.05) is 0 Å². The molecule has 10 heteroatoms. The lowest BCUT2D eigenvalue weighted by Gasteiger charge is -2.29. The molecule has 0 bridgehead atoms. The van der Waals surface area contributed by atoms with Gasteiger partial charge in [-0.25, -0.2) is 9.59 Å². The lowest BCUT2D eigenvalue weighted by molar-refractivity contribution is -0.159. The zero-order valence-electron chi connectivity index (χ0n) is 26.3. The van der Waals surface area contributed by atoms with Gasteiger partial charge in [0.15, 0.2) is 0 Å². The molecule has 43 heavy (non-hydrogen) atoms. The number of nitrogens with one attached hydrogen (secondary N) is 3. The van der Waals surface area contributed by atoms with Crippen LogP contribution < -0.4 is 16.0 Å². The summed E-state index contributed by atoms with van der Waals surface area (Å²) in [5, 5.41) is 17.9. The number of hydrogen-bond donors (Lipinski definition) is 4. The number of benzene rings is 2. The fraction of sp³-hybridized carbons (Fsp3) is 0.515. The van der Waals surface area contributed by atoms with E-state index in [2.05, 4.69) is 16.0 Å². The normalized spacial score (nSPS) is 14.1. The molecule has 10 nitrogen and oxygen atoms in total. The summed E-state index contributed by atoms with van der Waals surface area (Å²) in [6, 6.07) is 12.4. The number of esters is 1. The van der Waals surface area contributed by atoms with Crippen LogP contribution in [0.15, 0.2) is 54.6 Å². The maximum atomic E-state index is 13.6. The predicted molar refractivity (Wildman–Crippen MR) is 164 cm³/mol. The third-order valence-corrected chi connectivity index (χ3v) is 6.71. The zero-order valence-corrected chi connectivity index (χ0v) is 26.3. The summed E-state index contributed by atoms with van der Waals surface area (Å²) >= 11 is 0. The minimum atomic E-state index is -1.09. The van der Waals surface area contributed by atoms with Crippen LogP contribution in [0, 0.1) is 11.8 Å². The Kier molecular flexibility index (Phi) is 13.5. The van der Waals surface area contributed by atoms with Gasteiger partial charge < -0.3 is 30.5 Å². The van der Waals surface area contributed by atoms with E-state index in [0.717, 1.165) is 5.56 Å². The minimum absolute atomic E-state index is 0.0139. The van der Waals surface area contributed by atoms with Gasteiger partial charge in [0.05, 0.1) is 0 Å². The Balaban J connectivity index is 2.24. The Bertz CT molecular complexity index is 1190. The molecule has 0 spiro atoms. The van der Waals surface area contributed by atoms with E-state index in [4.69, 9.17) is 9.47 Å². The highest BCUT2D eigenvalue weighted by molar-refractivity contribution is 5.93. The Morgan fingerprint density at radius 3 is 2.00 bits per heavy atom. The predicted octanol–water partition coefficient (Wildman–Crippen LogP) is 4.63. The molecule has 0 radical (unpaired) electrons. The second-order valence-electron chi connectivity index (χ2n) is 12.2. The maximum absolute atomic E-state index is 13.6. The highest BCUT2D eigenvalue weighted by Gasteiger charge is 2.34. The van der Waals surface area contributed by atoms with Crippen molar-refractivity contribution in [3.63, 3.8) is 0 Å². The lowest BCUT2D eigenvalue weighted by Crippen LogP contribution is -2.58. The number of aromatic hydroxyl groups is 1. The van der Waals surface area contributed by atoms with Crippen LogP contribution in [0.3, 0.4) is 0 Å². The molecule has 0 aliphatic heterocycles. The van der Waals surface area contributed by atoms with Gasteiger partial charge in [0.1, 0.15) is 36.1 Å². The number of hydrogen-bond acceptors (Lipinski definition) is 7. The Labute approximate surface area is 254 Å². The topological polar surface area (TPSA) is 143 Å². The highest BCUT2D eigenvalue weighted by Crippen LogP contribution is 2.16. The van der Waals surface area contributed by atoms with Crippen LogP contribution in [0.2, 0.25) is 0 Å². The van der Waals surface area contributed by atoms with Gasteiger partial charge in [-0.2, -0.15) is 0 Å². The molecule has 0 heterocycles. The number of ether oxygens (including phenoxy) is 2. The molecule has 0 fully saturated rings.